The van der Waals surface area contributed by atoms with Gasteiger partial charge in [-0.25, -0.2) is 0 Å². The van der Waals surface area contributed by atoms with Crippen molar-refractivity contribution < 1.29 is 14.7 Å². The van der Waals surface area contributed by atoms with Crippen LogP contribution in [0.5, 0.6) is 5.75 Å². The lowest BCUT2D eigenvalue weighted by molar-refractivity contribution is 0.101. The molecule has 1 N–H and O–H groups in total. The third-order valence-corrected chi connectivity index (χ3v) is 2.05. The second-order valence-electron chi connectivity index (χ2n) is 3.04. The number of rotatable bonds is 2. The zero-order chi connectivity index (χ0) is 10.9. The number of Topliss-reactive ketones (excluding diaryl/α,β-unsaturated/α-hetero) is 1. The maximum Gasteiger partial charge on any atom is 0.256 e. The van der Waals surface area contributed by atoms with E-state index in [9.17, 15) is 14.7 Å². The topological polar surface area (TPSA) is 54.4 Å². The number of carbonyl (C=O) groups is 2. The molecule has 4 heteroatoms. The Morgan fingerprint density at radius 3 is 2.21 bits per heavy atom. The molecule has 0 fully saturated rings. The predicted octanol–water partition coefficient (Wildman–Crippen LogP) is 2.28. The van der Waals surface area contributed by atoms with Crippen LogP contribution in [0.25, 0.3) is 0 Å². The third kappa shape index (κ3) is 1.93. The van der Waals surface area contributed by atoms with Crippen molar-refractivity contribution in [2.24, 2.45) is 0 Å². The highest BCUT2D eigenvalue weighted by molar-refractivity contribution is 6.68. The maximum atomic E-state index is 11.1. The van der Waals surface area contributed by atoms with Crippen LogP contribution in [-0.2, 0) is 0 Å². The number of aryl methyl sites for hydroxylation is 1. The van der Waals surface area contributed by atoms with Crippen LogP contribution in [0.1, 0.15) is 33.2 Å². The molecule has 0 spiro atoms. The first-order valence-corrected chi connectivity index (χ1v) is 4.35. The molecular formula is C10H9ClO3. The number of aromatic hydroxyl groups is 1. The van der Waals surface area contributed by atoms with Gasteiger partial charge in [-0.3, -0.25) is 9.59 Å². The number of hydrogen-bond donors (Lipinski definition) is 1. The first-order valence-electron chi connectivity index (χ1n) is 3.98. The van der Waals surface area contributed by atoms with Crippen molar-refractivity contribution in [2.75, 3.05) is 0 Å². The molecule has 74 valence electrons. The molecule has 0 aliphatic carbocycles. The van der Waals surface area contributed by atoms with Crippen LogP contribution in [-0.4, -0.2) is 16.1 Å². The van der Waals surface area contributed by atoms with E-state index in [0.29, 0.717) is 5.56 Å². The van der Waals surface area contributed by atoms with Crippen LogP contribution in [0, 0.1) is 6.92 Å². The van der Waals surface area contributed by atoms with Gasteiger partial charge in [-0.15, -0.1) is 0 Å². The Labute approximate surface area is 86.3 Å². The van der Waals surface area contributed by atoms with Gasteiger partial charge in [0.25, 0.3) is 5.24 Å². The highest BCUT2D eigenvalue weighted by Gasteiger charge is 2.15. The lowest BCUT2D eigenvalue weighted by atomic mass is 10.0. The van der Waals surface area contributed by atoms with Crippen LogP contribution in [0.4, 0.5) is 0 Å². The fourth-order valence-corrected chi connectivity index (χ4v) is 1.34. The fourth-order valence-electron chi connectivity index (χ4n) is 1.20. The van der Waals surface area contributed by atoms with Gasteiger partial charge in [-0.2, -0.15) is 0 Å². The highest BCUT2D eigenvalue weighted by Crippen LogP contribution is 2.26. The van der Waals surface area contributed by atoms with Gasteiger partial charge in [-0.1, -0.05) is 0 Å². The SMILES string of the molecule is CC(=O)c1cc(C)cc(C(=O)Cl)c1O. The number of halogens is 1. The van der Waals surface area contributed by atoms with Gasteiger partial charge in [0.15, 0.2) is 5.78 Å². The fraction of sp³-hybridized carbons (Fsp3) is 0.200. The van der Waals surface area contributed by atoms with Crippen molar-refractivity contribution in [1.82, 2.24) is 0 Å². The third-order valence-electron chi connectivity index (χ3n) is 1.85. The molecule has 0 heterocycles. The molecule has 3 nitrogen and oxygen atoms in total. The molecule has 1 rings (SSSR count). The number of carbonyl (C=O) groups excluding carboxylic acids is 2. The summed E-state index contributed by atoms with van der Waals surface area (Å²) in [5.74, 6) is -0.645. The van der Waals surface area contributed by atoms with E-state index >= 15 is 0 Å². The molecule has 0 saturated heterocycles. The van der Waals surface area contributed by atoms with Crippen LogP contribution in [0.2, 0.25) is 0 Å². The predicted molar refractivity (Wildman–Crippen MR) is 53.0 cm³/mol. The van der Waals surface area contributed by atoms with Crippen molar-refractivity contribution in [3.63, 3.8) is 0 Å². The van der Waals surface area contributed by atoms with Crippen LogP contribution >= 0.6 is 11.6 Å². The van der Waals surface area contributed by atoms with E-state index < -0.39 is 5.24 Å². The van der Waals surface area contributed by atoms with Crippen LogP contribution in [0.15, 0.2) is 12.1 Å². The van der Waals surface area contributed by atoms with Gasteiger partial charge in [-0.05, 0) is 43.1 Å². The summed E-state index contributed by atoms with van der Waals surface area (Å²) >= 11 is 5.25. The first-order chi connectivity index (χ1) is 6.43. The van der Waals surface area contributed by atoms with Gasteiger partial charge in [0.1, 0.15) is 5.75 Å². The van der Waals surface area contributed by atoms with E-state index in [1.165, 1.54) is 19.1 Å². The first kappa shape index (κ1) is 10.7. The Morgan fingerprint density at radius 2 is 1.79 bits per heavy atom. The largest absolute Gasteiger partial charge is 0.506 e. The number of phenolic OH excluding ortho intramolecular Hbond substituents is 1. The number of ketones is 1. The molecule has 14 heavy (non-hydrogen) atoms. The van der Waals surface area contributed by atoms with Crippen LogP contribution in [0.3, 0.4) is 0 Å². The molecule has 0 atom stereocenters. The molecular weight excluding hydrogens is 204 g/mol. The Bertz CT molecular complexity index is 375. The zero-order valence-electron chi connectivity index (χ0n) is 7.80. The molecule has 0 radical (unpaired) electrons. The Morgan fingerprint density at radius 1 is 1.29 bits per heavy atom. The van der Waals surface area contributed by atoms with Gasteiger partial charge >= 0.3 is 0 Å². The van der Waals surface area contributed by atoms with E-state index in [2.05, 4.69) is 0 Å². The minimum absolute atomic E-state index is 0.0307. The summed E-state index contributed by atoms with van der Waals surface area (Å²) in [7, 11) is 0. The van der Waals surface area contributed by atoms with Gasteiger partial charge in [0.05, 0.1) is 11.1 Å². The minimum atomic E-state index is -0.770. The lowest BCUT2D eigenvalue weighted by Gasteiger charge is -2.05. The standard InChI is InChI=1S/C10H9ClO3/c1-5-3-7(6(2)12)9(13)8(4-5)10(11)14/h3-4,13H,1-2H3. The van der Waals surface area contributed by atoms with Crippen molar-refractivity contribution >= 4 is 22.6 Å². The summed E-state index contributed by atoms with van der Waals surface area (Å²) in [6.07, 6.45) is 0. The summed E-state index contributed by atoms with van der Waals surface area (Å²) in [5.41, 5.74) is 0.794. The molecule has 0 amide bonds. The van der Waals surface area contributed by atoms with E-state index in [1.807, 2.05) is 0 Å². The van der Waals surface area contributed by atoms with Crippen molar-refractivity contribution in [3.05, 3.63) is 28.8 Å². The quantitative estimate of drug-likeness (QED) is 0.605. The second-order valence-corrected chi connectivity index (χ2v) is 3.38. The Hall–Kier alpha value is -1.35. The number of benzene rings is 1. The molecule has 0 aliphatic rings. The molecule has 0 aromatic heterocycles. The molecule has 1 aromatic rings. The average molecular weight is 213 g/mol. The van der Waals surface area contributed by atoms with E-state index in [0.717, 1.165) is 0 Å². The molecule has 0 unspecified atom stereocenters. The van der Waals surface area contributed by atoms with E-state index in [-0.39, 0.29) is 22.7 Å². The van der Waals surface area contributed by atoms with Crippen molar-refractivity contribution in [3.8, 4) is 5.75 Å². The maximum absolute atomic E-state index is 11.1. The molecule has 1 aromatic carbocycles. The smallest absolute Gasteiger partial charge is 0.256 e. The average Bonchev–Trinajstić information content (AvgIpc) is 2.07. The lowest BCUT2D eigenvalue weighted by Crippen LogP contribution is -1.99. The monoisotopic (exact) mass is 212 g/mol. The summed E-state index contributed by atoms with van der Waals surface area (Å²) < 4.78 is 0. The summed E-state index contributed by atoms with van der Waals surface area (Å²) in [4.78, 5) is 22.0. The van der Waals surface area contributed by atoms with Crippen molar-refractivity contribution in [2.45, 2.75) is 13.8 Å². The van der Waals surface area contributed by atoms with Gasteiger partial charge < -0.3 is 5.11 Å². The zero-order valence-corrected chi connectivity index (χ0v) is 8.55. The van der Waals surface area contributed by atoms with Crippen LogP contribution < -0.4 is 0 Å². The number of phenols is 1. The summed E-state index contributed by atoms with van der Waals surface area (Å²) in [6.45, 7) is 3.03. The summed E-state index contributed by atoms with van der Waals surface area (Å²) in [5, 5.41) is 8.76. The Kier molecular flexibility index (Phi) is 2.91. The molecule has 0 bridgehead atoms. The van der Waals surface area contributed by atoms with Gasteiger partial charge in [0.2, 0.25) is 0 Å². The van der Waals surface area contributed by atoms with E-state index in [1.54, 1.807) is 6.92 Å². The Balaban J connectivity index is 3.47. The normalized spacial score (nSPS) is 9.93. The minimum Gasteiger partial charge on any atom is -0.506 e. The summed E-state index contributed by atoms with van der Waals surface area (Å²) in [6, 6.07) is 2.96. The highest BCUT2D eigenvalue weighted by atomic mass is 35.5. The van der Waals surface area contributed by atoms with Gasteiger partial charge in [0, 0.05) is 0 Å². The number of hydrogen-bond acceptors (Lipinski definition) is 3. The second kappa shape index (κ2) is 3.80. The molecule has 0 saturated carbocycles. The molecule has 0 aliphatic heterocycles. The van der Waals surface area contributed by atoms with Crippen molar-refractivity contribution in [1.29, 1.82) is 0 Å². The van der Waals surface area contributed by atoms with E-state index in [4.69, 9.17) is 11.6 Å².